The molecule has 14 heavy (non-hydrogen) atoms. The van der Waals surface area contributed by atoms with Gasteiger partial charge in [0.2, 0.25) is 0 Å². The fourth-order valence-electron chi connectivity index (χ4n) is 2.77. The highest BCUT2D eigenvalue weighted by Crippen LogP contribution is 2.30. The number of rotatable bonds is 2. The molecule has 0 aromatic heterocycles. The first-order valence-corrected chi connectivity index (χ1v) is 5.52. The van der Waals surface area contributed by atoms with Crippen molar-refractivity contribution in [1.29, 1.82) is 0 Å². The maximum Gasteiger partial charge on any atom is 0.147 e. The Hall–Kier alpha value is -0.810. The maximum atomic E-state index is 11.7. The van der Waals surface area contributed by atoms with Crippen LogP contribution in [0.5, 0.6) is 0 Å². The Bertz CT molecular complexity index is 254. The molecule has 2 nitrogen and oxygen atoms in total. The third kappa shape index (κ3) is 1.99. The summed E-state index contributed by atoms with van der Waals surface area (Å²) < 4.78 is 0. The van der Waals surface area contributed by atoms with Gasteiger partial charge in [0.15, 0.2) is 0 Å². The molecule has 2 rings (SSSR count). The van der Waals surface area contributed by atoms with Crippen molar-refractivity contribution in [2.45, 2.75) is 50.6 Å². The molecule has 0 aromatic carbocycles. The van der Waals surface area contributed by atoms with Gasteiger partial charge in [-0.2, -0.15) is 0 Å². The summed E-state index contributed by atoms with van der Waals surface area (Å²) in [6.45, 7) is 0. The predicted octanol–water partition coefficient (Wildman–Crippen LogP) is 1.50. The smallest absolute Gasteiger partial charge is 0.147 e. The van der Waals surface area contributed by atoms with Crippen molar-refractivity contribution in [2.24, 2.45) is 5.92 Å². The minimum absolute atomic E-state index is 0.239. The van der Waals surface area contributed by atoms with Gasteiger partial charge in [0, 0.05) is 18.0 Å². The van der Waals surface area contributed by atoms with E-state index in [2.05, 4.69) is 11.2 Å². The van der Waals surface area contributed by atoms with Gasteiger partial charge in [-0.1, -0.05) is 12.3 Å². The molecule has 2 bridgehead atoms. The van der Waals surface area contributed by atoms with Crippen LogP contribution in [0, 0.1) is 18.3 Å². The first-order valence-electron chi connectivity index (χ1n) is 5.52. The maximum absolute atomic E-state index is 11.7. The molecular weight excluding hydrogens is 174 g/mol. The molecule has 2 atom stereocenters. The third-order valence-electron chi connectivity index (χ3n) is 3.45. The van der Waals surface area contributed by atoms with Crippen LogP contribution in [0.4, 0.5) is 0 Å². The van der Waals surface area contributed by atoms with E-state index in [0.29, 0.717) is 18.5 Å². The van der Waals surface area contributed by atoms with Crippen LogP contribution in [0.2, 0.25) is 0 Å². The molecule has 76 valence electrons. The van der Waals surface area contributed by atoms with Crippen molar-refractivity contribution < 1.29 is 4.79 Å². The van der Waals surface area contributed by atoms with Crippen molar-refractivity contribution >= 4 is 5.78 Å². The number of ketones is 1. The highest BCUT2D eigenvalue weighted by Gasteiger charge is 2.33. The summed E-state index contributed by atoms with van der Waals surface area (Å²) in [6, 6.07) is 1.16. The van der Waals surface area contributed by atoms with E-state index in [4.69, 9.17) is 6.42 Å². The number of hydrogen-bond donors (Lipinski definition) is 1. The Morgan fingerprint density at radius 1 is 1.36 bits per heavy atom. The molecule has 1 N–H and O–H groups in total. The van der Waals surface area contributed by atoms with Crippen LogP contribution >= 0.6 is 0 Å². The minimum atomic E-state index is 0.239. The summed E-state index contributed by atoms with van der Waals surface area (Å²) >= 11 is 0. The molecule has 2 unspecified atom stereocenters. The average Bonchev–Trinajstić information content (AvgIpc) is 2.17. The molecule has 0 radical (unpaired) electrons. The number of hydrogen-bond acceptors (Lipinski definition) is 2. The lowest BCUT2D eigenvalue weighted by molar-refractivity contribution is -0.123. The fourth-order valence-corrected chi connectivity index (χ4v) is 2.77. The molecule has 2 heterocycles. The van der Waals surface area contributed by atoms with Crippen LogP contribution in [0.25, 0.3) is 0 Å². The number of piperidine rings is 2. The van der Waals surface area contributed by atoms with E-state index in [1.54, 1.807) is 0 Å². The molecule has 0 spiro atoms. The minimum Gasteiger partial charge on any atom is -0.311 e. The van der Waals surface area contributed by atoms with Gasteiger partial charge < -0.3 is 5.32 Å². The predicted molar refractivity (Wildman–Crippen MR) is 55.7 cm³/mol. The third-order valence-corrected chi connectivity index (χ3v) is 3.45. The second kappa shape index (κ2) is 4.14. The molecule has 2 heteroatoms. The molecule has 2 fully saturated rings. The second-order valence-corrected chi connectivity index (χ2v) is 4.51. The van der Waals surface area contributed by atoms with Crippen LogP contribution in [0.1, 0.15) is 38.5 Å². The molecule has 0 aliphatic carbocycles. The Morgan fingerprint density at radius 3 is 2.57 bits per heavy atom. The number of carbonyl (C=O) groups is 1. The summed E-state index contributed by atoms with van der Waals surface area (Å²) in [6.07, 6.45) is 11.3. The molecular formula is C12H17NO. The lowest BCUT2D eigenvalue weighted by atomic mass is 9.78. The Kier molecular flexibility index (Phi) is 2.88. The number of Topliss-reactive ketones (excluding diaryl/α,β-unsaturated/α-hetero) is 1. The summed E-state index contributed by atoms with van der Waals surface area (Å²) in [5.74, 6) is 2.98. The van der Waals surface area contributed by atoms with Crippen LogP contribution < -0.4 is 5.32 Å². The van der Waals surface area contributed by atoms with Gasteiger partial charge in [-0.3, -0.25) is 4.79 Å². The van der Waals surface area contributed by atoms with Gasteiger partial charge in [0.25, 0.3) is 0 Å². The molecule has 2 aliphatic rings. The SMILES string of the molecule is C#CCC(=O)C1CC2CCCC(C1)N2. The molecule has 0 saturated carbocycles. The van der Waals surface area contributed by atoms with Crippen LogP contribution in [-0.2, 0) is 4.79 Å². The Labute approximate surface area is 85.5 Å². The van der Waals surface area contributed by atoms with Crippen LogP contribution in [0.3, 0.4) is 0 Å². The van der Waals surface area contributed by atoms with Gasteiger partial charge in [0.05, 0.1) is 6.42 Å². The zero-order valence-electron chi connectivity index (χ0n) is 8.46. The van der Waals surface area contributed by atoms with Gasteiger partial charge in [-0.15, -0.1) is 6.42 Å². The van der Waals surface area contributed by atoms with Crippen molar-refractivity contribution in [3.8, 4) is 12.3 Å². The lowest BCUT2D eigenvalue weighted by Gasteiger charge is -2.39. The summed E-state index contributed by atoms with van der Waals surface area (Å²) in [4.78, 5) is 11.7. The normalized spacial score (nSPS) is 36.1. The van der Waals surface area contributed by atoms with E-state index < -0.39 is 0 Å². The summed E-state index contributed by atoms with van der Waals surface area (Å²) in [5.41, 5.74) is 0. The van der Waals surface area contributed by atoms with E-state index in [9.17, 15) is 4.79 Å². The molecule has 0 aromatic rings. The topological polar surface area (TPSA) is 29.1 Å². The van der Waals surface area contributed by atoms with E-state index in [1.165, 1.54) is 19.3 Å². The first-order chi connectivity index (χ1) is 6.79. The van der Waals surface area contributed by atoms with Gasteiger partial charge in [-0.25, -0.2) is 0 Å². The van der Waals surface area contributed by atoms with Crippen LogP contribution in [0.15, 0.2) is 0 Å². The van der Waals surface area contributed by atoms with Gasteiger partial charge in [-0.05, 0) is 25.7 Å². The van der Waals surface area contributed by atoms with Crippen LogP contribution in [-0.4, -0.2) is 17.9 Å². The zero-order chi connectivity index (χ0) is 9.97. The Morgan fingerprint density at radius 2 is 2.00 bits per heavy atom. The number of nitrogens with one attached hydrogen (secondary N) is 1. The highest BCUT2D eigenvalue weighted by atomic mass is 16.1. The zero-order valence-corrected chi connectivity index (χ0v) is 8.46. The standard InChI is InChI=1S/C12H17NO/c1-2-4-12(14)9-7-10-5-3-6-11(8-9)13-10/h1,9-11,13H,3-8H2. The van der Waals surface area contributed by atoms with Gasteiger partial charge >= 0.3 is 0 Å². The number of carbonyl (C=O) groups excluding carboxylic acids is 1. The molecule has 2 aliphatic heterocycles. The van der Waals surface area contributed by atoms with E-state index in [0.717, 1.165) is 12.8 Å². The number of terminal acetylenes is 1. The van der Waals surface area contributed by atoms with Crippen molar-refractivity contribution in [3.63, 3.8) is 0 Å². The summed E-state index contributed by atoms with van der Waals surface area (Å²) in [5, 5.41) is 3.58. The fraction of sp³-hybridized carbons (Fsp3) is 0.750. The average molecular weight is 191 g/mol. The largest absolute Gasteiger partial charge is 0.311 e. The molecule has 0 amide bonds. The highest BCUT2D eigenvalue weighted by molar-refractivity contribution is 5.83. The van der Waals surface area contributed by atoms with E-state index in [-0.39, 0.29) is 11.7 Å². The lowest BCUT2D eigenvalue weighted by Crippen LogP contribution is -2.49. The van der Waals surface area contributed by atoms with E-state index >= 15 is 0 Å². The summed E-state index contributed by atoms with van der Waals surface area (Å²) in [7, 11) is 0. The van der Waals surface area contributed by atoms with Crippen molar-refractivity contribution in [1.82, 2.24) is 5.32 Å². The van der Waals surface area contributed by atoms with Crippen molar-refractivity contribution in [2.75, 3.05) is 0 Å². The van der Waals surface area contributed by atoms with Gasteiger partial charge in [0.1, 0.15) is 5.78 Å². The quantitative estimate of drug-likeness (QED) is 0.670. The van der Waals surface area contributed by atoms with E-state index in [1.807, 2.05) is 0 Å². The molecule has 2 saturated heterocycles. The Balaban J connectivity index is 1.95. The monoisotopic (exact) mass is 191 g/mol. The van der Waals surface area contributed by atoms with Crippen molar-refractivity contribution in [3.05, 3.63) is 0 Å². The number of fused-ring (bicyclic) bond motifs is 2. The first kappa shape index (κ1) is 9.73. The second-order valence-electron chi connectivity index (χ2n) is 4.51.